The summed E-state index contributed by atoms with van der Waals surface area (Å²) < 4.78 is 10.7. The normalized spacial score (nSPS) is 9.87. The van der Waals surface area contributed by atoms with Gasteiger partial charge in [-0.3, -0.25) is 0 Å². The third kappa shape index (κ3) is 4.81. The van der Waals surface area contributed by atoms with E-state index < -0.39 is 0 Å². The second-order valence-electron chi connectivity index (χ2n) is 5.01. The summed E-state index contributed by atoms with van der Waals surface area (Å²) in [7, 11) is 5.49. The van der Waals surface area contributed by atoms with Crippen molar-refractivity contribution in [3.05, 3.63) is 48.5 Å². The molecule has 6 heteroatoms. The number of nitrogens with zero attached hydrogens (tertiary/aromatic N) is 1. The van der Waals surface area contributed by atoms with Gasteiger partial charge in [-0.05, 0) is 36.4 Å². The van der Waals surface area contributed by atoms with Crippen LogP contribution in [-0.4, -0.2) is 34.0 Å². The number of nitrogens with one attached hydrogen (secondary N) is 2. The first-order valence-electron chi connectivity index (χ1n) is 7.18. The summed E-state index contributed by atoms with van der Waals surface area (Å²) in [6.07, 6.45) is 0. The van der Waals surface area contributed by atoms with Gasteiger partial charge in [0.1, 0.15) is 0 Å². The number of methoxy groups -OCH3 is 1. The van der Waals surface area contributed by atoms with Crippen LogP contribution in [0.1, 0.15) is 0 Å². The van der Waals surface area contributed by atoms with Crippen LogP contribution in [0.25, 0.3) is 0 Å². The molecular weight excluding hydrogens is 294 g/mol. The Morgan fingerprint density at radius 1 is 1.04 bits per heavy atom. The number of carbonyl (C=O) groups is 1. The molecule has 0 saturated carbocycles. The van der Waals surface area contributed by atoms with Gasteiger partial charge in [0.25, 0.3) is 0 Å². The summed E-state index contributed by atoms with van der Waals surface area (Å²) in [6, 6.07) is 14.5. The zero-order valence-electron chi connectivity index (χ0n) is 13.5. The number of hydrogen-bond donors (Lipinski definition) is 2. The van der Waals surface area contributed by atoms with E-state index in [-0.39, 0.29) is 12.8 Å². The predicted molar refractivity (Wildman–Crippen MR) is 91.4 cm³/mol. The molecule has 23 heavy (non-hydrogen) atoms. The molecule has 2 aromatic rings. The maximum atomic E-state index is 11.8. The van der Waals surface area contributed by atoms with E-state index in [1.54, 1.807) is 19.2 Å². The second-order valence-corrected chi connectivity index (χ2v) is 5.01. The Labute approximate surface area is 136 Å². The van der Waals surface area contributed by atoms with E-state index in [9.17, 15) is 4.79 Å². The Balaban J connectivity index is 1.81. The molecule has 0 atom stereocenters. The number of carbonyl (C=O) groups excluding carboxylic acids is 1. The number of ether oxygens (including phenoxy) is 2. The first kappa shape index (κ1) is 16.5. The highest BCUT2D eigenvalue weighted by molar-refractivity contribution is 5.89. The Bertz CT molecular complexity index is 642. The number of urea groups is 1. The summed E-state index contributed by atoms with van der Waals surface area (Å²) in [4.78, 5) is 13.8. The molecule has 0 fully saturated rings. The van der Waals surface area contributed by atoms with Gasteiger partial charge < -0.3 is 25.0 Å². The van der Waals surface area contributed by atoms with E-state index >= 15 is 0 Å². The van der Waals surface area contributed by atoms with E-state index in [4.69, 9.17) is 9.47 Å². The minimum atomic E-state index is -0.336. The molecule has 0 saturated heterocycles. The molecule has 2 N–H and O–H groups in total. The van der Waals surface area contributed by atoms with E-state index in [0.29, 0.717) is 17.2 Å². The molecule has 0 aliphatic heterocycles. The van der Waals surface area contributed by atoms with E-state index in [1.165, 1.54) is 0 Å². The van der Waals surface area contributed by atoms with Crippen molar-refractivity contribution in [2.24, 2.45) is 0 Å². The van der Waals surface area contributed by atoms with E-state index in [0.717, 1.165) is 5.69 Å². The smallest absolute Gasteiger partial charge is 0.321 e. The van der Waals surface area contributed by atoms with Crippen molar-refractivity contribution in [2.45, 2.75) is 0 Å². The lowest BCUT2D eigenvalue weighted by Crippen LogP contribution is -2.32. The van der Waals surface area contributed by atoms with Crippen molar-refractivity contribution in [1.29, 1.82) is 0 Å². The highest BCUT2D eigenvalue weighted by atomic mass is 16.5. The molecule has 0 bridgehead atoms. The highest BCUT2D eigenvalue weighted by Gasteiger charge is 2.05. The minimum absolute atomic E-state index is 0.0436. The Hall–Kier alpha value is -2.89. The first-order valence-corrected chi connectivity index (χ1v) is 7.18. The molecule has 6 nitrogen and oxygen atoms in total. The fraction of sp³-hybridized carbons (Fsp3) is 0.235. The van der Waals surface area contributed by atoms with Crippen molar-refractivity contribution in [3.63, 3.8) is 0 Å². The molecule has 0 unspecified atom stereocenters. The molecule has 2 rings (SSSR count). The fourth-order valence-electron chi connectivity index (χ4n) is 1.94. The maximum absolute atomic E-state index is 11.8. The average Bonchev–Trinajstić information content (AvgIpc) is 2.55. The van der Waals surface area contributed by atoms with Gasteiger partial charge in [-0.15, -0.1) is 0 Å². The summed E-state index contributed by atoms with van der Waals surface area (Å²) in [5, 5.41) is 5.37. The molecule has 122 valence electrons. The van der Waals surface area contributed by atoms with E-state index in [1.807, 2.05) is 55.4 Å². The van der Waals surface area contributed by atoms with Gasteiger partial charge in [0.2, 0.25) is 0 Å². The Morgan fingerprint density at radius 3 is 2.30 bits per heavy atom. The zero-order valence-corrected chi connectivity index (χ0v) is 13.5. The largest absolute Gasteiger partial charge is 0.493 e. The van der Waals surface area contributed by atoms with Gasteiger partial charge in [0.05, 0.1) is 7.11 Å². The van der Waals surface area contributed by atoms with Crippen LogP contribution in [0.3, 0.4) is 0 Å². The number of benzene rings is 2. The minimum Gasteiger partial charge on any atom is -0.493 e. The second kappa shape index (κ2) is 7.93. The van der Waals surface area contributed by atoms with Crippen molar-refractivity contribution in [3.8, 4) is 11.5 Å². The van der Waals surface area contributed by atoms with Crippen LogP contribution >= 0.6 is 0 Å². The summed E-state index contributed by atoms with van der Waals surface area (Å²) >= 11 is 0. The lowest BCUT2D eigenvalue weighted by molar-refractivity contribution is 0.231. The van der Waals surface area contributed by atoms with Crippen LogP contribution in [0.15, 0.2) is 48.5 Å². The molecular formula is C17H21N3O3. The molecule has 0 aliphatic rings. The molecule has 2 aromatic carbocycles. The molecule has 0 radical (unpaired) electrons. The lowest BCUT2D eigenvalue weighted by atomic mass is 10.2. The number of anilines is 2. The van der Waals surface area contributed by atoms with Crippen molar-refractivity contribution in [2.75, 3.05) is 38.2 Å². The first-order chi connectivity index (χ1) is 11.1. The lowest BCUT2D eigenvalue weighted by Gasteiger charge is -2.14. The Morgan fingerprint density at radius 2 is 1.70 bits per heavy atom. The Kier molecular flexibility index (Phi) is 5.68. The zero-order chi connectivity index (χ0) is 16.7. The predicted octanol–water partition coefficient (Wildman–Crippen LogP) is 2.92. The van der Waals surface area contributed by atoms with Crippen molar-refractivity contribution in [1.82, 2.24) is 5.32 Å². The number of para-hydroxylation sites is 2. The summed E-state index contributed by atoms with van der Waals surface area (Å²) in [5.41, 5.74) is 1.78. The quantitative estimate of drug-likeness (QED) is 0.805. The number of amides is 2. The van der Waals surface area contributed by atoms with Gasteiger partial charge in [-0.2, -0.15) is 0 Å². The SMILES string of the molecule is COc1ccccc1OCNC(=O)Nc1ccc(N(C)C)cc1. The third-order valence-electron chi connectivity index (χ3n) is 3.17. The average molecular weight is 315 g/mol. The molecule has 2 amide bonds. The third-order valence-corrected chi connectivity index (χ3v) is 3.17. The summed E-state index contributed by atoms with van der Waals surface area (Å²) in [5.74, 6) is 1.19. The van der Waals surface area contributed by atoms with Gasteiger partial charge in [-0.25, -0.2) is 4.79 Å². The van der Waals surface area contributed by atoms with Crippen molar-refractivity contribution < 1.29 is 14.3 Å². The van der Waals surface area contributed by atoms with Gasteiger partial charge in [0.15, 0.2) is 18.2 Å². The standard InChI is InChI=1S/C17H21N3O3/c1-20(2)14-10-8-13(9-11-14)19-17(21)18-12-23-16-7-5-4-6-15(16)22-3/h4-11H,12H2,1-3H3,(H2,18,19,21). The van der Waals surface area contributed by atoms with Gasteiger partial charge in [-0.1, -0.05) is 12.1 Å². The highest BCUT2D eigenvalue weighted by Crippen LogP contribution is 2.25. The topological polar surface area (TPSA) is 62.8 Å². The van der Waals surface area contributed by atoms with E-state index in [2.05, 4.69) is 10.6 Å². The fourth-order valence-corrected chi connectivity index (χ4v) is 1.94. The van der Waals surface area contributed by atoms with Crippen LogP contribution in [0.5, 0.6) is 11.5 Å². The monoisotopic (exact) mass is 315 g/mol. The molecule has 0 spiro atoms. The molecule has 0 aliphatic carbocycles. The molecule has 0 heterocycles. The van der Waals surface area contributed by atoms with Crippen LogP contribution in [0.4, 0.5) is 16.2 Å². The maximum Gasteiger partial charge on any atom is 0.321 e. The van der Waals surface area contributed by atoms with Gasteiger partial charge in [0, 0.05) is 25.5 Å². The van der Waals surface area contributed by atoms with Crippen LogP contribution < -0.4 is 25.0 Å². The summed E-state index contributed by atoms with van der Waals surface area (Å²) in [6.45, 7) is 0.0436. The number of hydrogen-bond acceptors (Lipinski definition) is 4. The number of rotatable bonds is 6. The molecule has 0 aromatic heterocycles. The van der Waals surface area contributed by atoms with Crippen LogP contribution in [-0.2, 0) is 0 Å². The van der Waals surface area contributed by atoms with Gasteiger partial charge >= 0.3 is 6.03 Å². The van der Waals surface area contributed by atoms with Crippen LogP contribution in [0.2, 0.25) is 0 Å². The van der Waals surface area contributed by atoms with Crippen molar-refractivity contribution >= 4 is 17.4 Å². The van der Waals surface area contributed by atoms with Crippen LogP contribution in [0, 0.1) is 0 Å².